The van der Waals surface area contributed by atoms with Gasteiger partial charge in [-0.05, 0) is 0 Å². The average Bonchev–Trinajstić information content (AvgIpc) is 1.41. The van der Waals surface area contributed by atoms with Crippen LogP contribution in [0.1, 0.15) is 33.1 Å². The van der Waals surface area contributed by atoms with Crippen molar-refractivity contribution in [2.45, 2.75) is 33.1 Å². The molecule has 48 valence electrons. The summed E-state index contributed by atoms with van der Waals surface area (Å²) in [5.74, 6) is 0. The summed E-state index contributed by atoms with van der Waals surface area (Å²) >= 11 is 0. The van der Waals surface area contributed by atoms with Crippen LogP contribution in [0.4, 0.5) is 0 Å². The molecule has 0 atom stereocenters. The molecule has 0 bridgehead atoms. The molecule has 2 heteroatoms. The van der Waals surface area contributed by atoms with Crippen molar-refractivity contribution in [1.82, 2.24) is 0 Å². The van der Waals surface area contributed by atoms with Gasteiger partial charge in [-0.1, -0.05) is 33.1 Å². The second-order valence-electron chi connectivity index (χ2n) is 1.35. The van der Waals surface area contributed by atoms with E-state index in [1.54, 1.807) is 0 Å². The Hall–Kier alpha value is 0.310. The molecule has 0 aliphatic carbocycles. The monoisotopic (exact) mass is 124 g/mol. The van der Waals surface area contributed by atoms with Gasteiger partial charge < -0.3 is 5.48 Å². The molecule has 1 nitrogen and oxygen atoms in total. The summed E-state index contributed by atoms with van der Waals surface area (Å²) < 4.78 is 0. The molecule has 7 heavy (non-hydrogen) atoms. The van der Waals surface area contributed by atoms with E-state index in [1.165, 1.54) is 19.3 Å². The Kier molecular flexibility index (Phi) is 36.3. The standard InChI is InChI=1S/C5H12.H2O.H2S/c1-3-5-4-2;;/h3-5H2,1-2H3;2*1H2. The molecular weight excluding hydrogens is 108 g/mol. The van der Waals surface area contributed by atoms with Crippen molar-refractivity contribution in [2.24, 2.45) is 0 Å². The summed E-state index contributed by atoms with van der Waals surface area (Å²) in [4.78, 5) is 0. The van der Waals surface area contributed by atoms with E-state index in [9.17, 15) is 0 Å². The third-order valence-electron chi connectivity index (χ3n) is 0.707. The van der Waals surface area contributed by atoms with Crippen LogP contribution in [0.3, 0.4) is 0 Å². The van der Waals surface area contributed by atoms with Crippen LogP contribution in [0.15, 0.2) is 0 Å². The molecule has 0 amide bonds. The van der Waals surface area contributed by atoms with Crippen LogP contribution in [-0.4, -0.2) is 5.48 Å². The highest BCUT2D eigenvalue weighted by Gasteiger charge is 1.68. The Balaban J connectivity index is -0.0000000800. The predicted octanol–water partition coefficient (Wildman–Crippen LogP) is 1.48. The van der Waals surface area contributed by atoms with E-state index in [-0.39, 0.29) is 19.0 Å². The van der Waals surface area contributed by atoms with Crippen LogP contribution in [-0.2, 0) is 0 Å². The molecule has 0 saturated heterocycles. The van der Waals surface area contributed by atoms with E-state index >= 15 is 0 Å². The third kappa shape index (κ3) is 22.0. The van der Waals surface area contributed by atoms with Crippen molar-refractivity contribution in [1.29, 1.82) is 0 Å². The number of hydrogen-bond acceptors (Lipinski definition) is 0. The van der Waals surface area contributed by atoms with E-state index in [0.717, 1.165) is 0 Å². The van der Waals surface area contributed by atoms with Crippen LogP contribution in [0.5, 0.6) is 0 Å². The maximum atomic E-state index is 2.21. The minimum Gasteiger partial charge on any atom is -0.412 e. The van der Waals surface area contributed by atoms with Crippen molar-refractivity contribution in [3.05, 3.63) is 0 Å². The minimum atomic E-state index is 0. The van der Waals surface area contributed by atoms with E-state index in [1.807, 2.05) is 0 Å². The molecule has 0 aliphatic rings. The zero-order chi connectivity index (χ0) is 4.12. The number of hydrogen-bond donors (Lipinski definition) is 0. The maximum absolute atomic E-state index is 2.21. The molecule has 0 fully saturated rings. The average molecular weight is 124 g/mol. The van der Waals surface area contributed by atoms with E-state index in [0.29, 0.717) is 0 Å². The lowest BCUT2D eigenvalue weighted by Gasteiger charge is -1.79. The largest absolute Gasteiger partial charge is 0.412 e. The van der Waals surface area contributed by atoms with Crippen LogP contribution in [0.25, 0.3) is 0 Å². The summed E-state index contributed by atoms with van der Waals surface area (Å²) in [6, 6.07) is 0. The minimum absolute atomic E-state index is 0. The molecule has 0 unspecified atom stereocenters. The molecule has 0 aromatic rings. The molecule has 0 aromatic carbocycles. The number of unbranched alkanes of at least 4 members (excludes halogenated alkanes) is 2. The first-order valence-electron chi connectivity index (χ1n) is 2.41. The van der Waals surface area contributed by atoms with Crippen molar-refractivity contribution in [3.8, 4) is 0 Å². The van der Waals surface area contributed by atoms with Gasteiger partial charge in [0.05, 0.1) is 0 Å². The molecular formula is C5H16OS. The molecule has 2 N–H and O–H groups in total. The molecule has 0 rings (SSSR count). The fourth-order valence-corrected chi connectivity index (χ4v) is 0.354. The fourth-order valence-electron chi connectivity index (χ4n) is 0.354. The lowest BCUT2D eigenvalue weighted by molar-refractivity contribution is 0.772. The van der Waals surface area contributed by atoms with Crippen LogP contribution >= 0.6 is 13.5 Å². The topological polar surface area (TPSA) is 31.5 Å². The van der Waals surface area contributed by atoms with Crippen LogP contribution < -0.4 is 0 Å². The second kappa shape index (κ2) is 16.2. The van der Waals surface area contributed by atoms with Gasteiger partial charge in [-0.15, -0.1) is 0 Å². The number of rotatable bonds is 2. The first kappa shape index (κ1) is 15.7. The Morgan fingerprint density at radius 2 is 1.29 bits per heavy atom. The molecule has 0 radical (unpaired) electrons. The highest BCUT2D eigenvalue weighted by atomic mass is 32.1. The van der Waals surface area contributed by atoms with Crippen molar-refractivity contribution in [2.75, 3.05) is 0 Å². The highest BCUT2D eigenvalue weighted by molar-refractivity contribution is 7.59. The highest BCUT2D eigenvalue weighted by Crippen LogP contribution is 1.88. The van der Waals surface area contributed by atoms with Gasteiger partial charge in [-0.25, -0.2) is 0 Å². The molecule has 0 spiro atoms. The fraction of sp³-hybridized carbons (Fsp3) is 1.00. The molecule has 0 heterocycles. The molecule has 0 saturated carbocycles. The Labute approximate surface area is 52.9 Å². The Morgan fingerprint density at radius 1 is 1.00 bits per heavy atom. The summed E-state index contributed by atoms with van der Waals surface area (Å²) in [6.45, 7) is 4.42. The zero-order valence-corrected chi connectivity index (χ0v) is 6.12. The second-order valence-corrected chi connectivity index (χ2v) is 1.35. The smallest absolute Gasteiger partial charge is 0.0538 e. The first-order chi connectivity index (χ1) is 2.41. The van der Waals surface area contributed by atoms with E-state index in [2.05, 4.69) is 13.8 Å². The van der Waals surface area contributed by atoms with Crippen LogP contribution in [0.2, 0.25) is 0 Å². The predicted molar refractivity (Wildman–Crippen MR) is 39.2 cm³/mol. The van der Waals surface area contributed by atoms with Gasteiger partial charge >= 0.3 is 0 Å². The van der Waals surface area contributed by atoms with Gasteiger partial charge in [0.15, 0.2) is 0 Å². The first-order valence-corrected chi connectivity index (χ1v) is 2.41. The summed E-state index contributed by atoms with van der Waals surface area (Å²) in [5, 5.41) is 0. The van der Waals surface area contributed by atoms with Gasteiger partial charge in [0.1, 0.15) is 0 Å². The maximum Gasteiger partial charge on any atom is -0.0538 e. The van der Waals surface area contributed by atoms with Gasteiger partial charge in [0.25, 0.3) is 0 Å². The van der Waals surface area contributed by atoms with E-state index in [4.69, 9.17) is 0 Å². The normalized spacial score (nSPS) is 6.00. The lowest BCUT2D eigenvalue weighted by atomic mass is 10.3. The molecule has 0 aliphatic heterocycles. The summed E-state index contributed by atoms with van der Waals surface area (Å²) in [5.41, 5.74) is 0. The van der Waals surface area contributed by atoms with Gasteiger partial charge in [-0.3, -0.25) is 0 Å². The van der Waals surface area contributed by atoms with Gasteiger partial charge in [-0.2, -0.15) is 13.5 Å². The van der Waals surface area contributed by atoms with Crippen LogP contribution in [0, 0.1) is 0 Å². The quantitative estimate of drug-likeness (QED) is 0.534. The summed E-state index contributed by atoms with van der Waals surface area (Å²) in [6.07, 6.45) is 4.08. The van der Waals surface area contributed by atoms with Crippen molar-refractivity contribution >= 4 is 13.5 Å². The van der Waals surface area contributed by atoms with Gasteiger partial charge in [0, 0.05) is 0 Å². The molecule has 0 aromatic heterocycles. The Bertz CT molecular complexity index is 15.6. The lowest BCUT2D eigenvalue weighted by Crippen LogP contribution is -1.59. The van der Waals surface area contributed by atoms with E-state index < -0.39 is 0 Å². The zero-order valence-electron chi connectivity index (χ0n) is 5.12. The van der Waals surface area contributed by atoms with Crippen molar-refractivity contribution in [3.63, 3.8) is 0 Å². The van der Waals surface area contributed by atoms with Gasteiger partial charge in [0.2, 0.25) is 0 Å². The van der Waals surface area contributed by atoms with Crippen molar-refractivity contribution < 1.29 is 5.48 Å². The summed E-state index contributed by atoms with van der Waals surface area (Å²) in [7, 11) is 0. The Morgan fingerprint density at radius 3 is 1.29 bits per heavy atom. The third-order valence-corrected chi connectivity index (χ3v) is 0.707. The SMILES string of the molecule is CCCCC.O.S.